The summed E-state index contributed by atoms with van der Waals surface area (Å²) in [5.74, 6) is -0.248. The summed E-state index contributed by atoms with van der Waals surface area (Å²) in [6.07, 6.45) is 2.82. The SMILES string of the molecule is C=CC(=O)Nc1cnc2c(c1)c(C)nn2C. The van der Waals surface area contributed by atoms with Crippen LogP contribution in [0.15, 0.2) is 24.9 Å². The van der Waals surface area contributed by atoms with Gasteiger partial charge < -0.3 is 5.32 Å². The first-order chi connectivity index (χ1) is 7.61. The van der Waals surface area contributed by atoms with Crippen molar-refractivity contribution >= 4 is 22.6 Å². The molecule has 82 valence electrons. The lowest BCUT2D eigenvalue weighted by molar-refractivity contribution is -0.111. The van der Waals surface area contributed by atoms with E-state index in [0.717, 1.165) is 16.7 Å². The molecule has 0 fully saturated rings. The van der Waals surface area contributed by atoms with Gasteiger partial charge in [0.25, 0.3) is 0 Å². The van der Waals surface area contributed by atoms with Gasteiger partial charge in [-0.2, -0.15) is 5.10 Å². The van der Waals surface area contributed by atoms with Crippen molar-refractivity contribution in [3.05, 3.63) is 30.6 Å². The number of carbonyl (C=O) groups is 1. The molecule has 2 aromatic rings. The number of rotatable bonds is 2. The summed E-state index contributed by atoms with van der Waals surface area (Å²) in [6, 6.07) is 1.85. The maximum atomic E-state index is 11.1. The molecule has 0 radical (unpaired) electrons. The first-order valence-corrected chi connectivity index (χ1v) is 4.84. The first kappa shape index (κ1) is 10.4. The highest BCUT2D eigenvalue weighted by molar-refractivity contribution is 5.99. The molecule has 1 amide bonds. The van der Waals surface area contributed by atoms with Gasteiger partial charge >= 0.3 is 0 Å². The summed E-state index contributed by atoms with van der Waals surface area (Å²) in [5, 5.41) is 7.85. The molecule has 5 nitrogen and oxygen atoms in total. The van der Waals surface area contributed by atoms with Gasteiger partial charge in [0.1, 0.15) is 0 Å². The molecule has 0 saturated carbocycles. The van der Waals surface area contributed by atoms with Crippen molar-refractivity contribution in [1.29, 1.82) is 0 Å². The molecule has 2 aromatic heterocycles. The Balaban J connectivity index is 2.47. The predicted octanol–water partition coefficient (Wildman–Crippen LogP) is 1.40. The average Bonchev–Trinajstić information content (AvgIpc) is 2.54. The minimum Gasteiger partial charge on any atom is -0.321 e. The van der Waals surface area contributed by atoms with E-state index in [9.17, 15) is 4.79 Å². The van der Waals surface area contributed by atoms with E-state index in [4.69, 9.17) is 0 Å². The minimum atomic E-state index is -0.248. The molecule has 0 aromatic carbocycles. The highest BCUT2D eigenvalue weighted by Crippen LogP contribution is 2.18. The molecule has 0 unspecified atom stereocenters. The molecule has 0 aliphatic rings. The molecule has 2 rings (SSSR count). The molecule has 16 heavy (non-hydrogen) atoms. The Morgan fingerprint density at radius 2 is 2.38 bits per heavy atom. The smallest absolute Gasteiger partial charge is 0.247 e. The number of hydrogen-bond acceptors (Lipinski definition) is 3. The van der Waals surface area contributed by atoms with Crippen LogP contribution in [0.3, 0.4) is 0 Å². The van der Waals surface area contributed by atoms with Crippen molar-refractivity contribution in [2.45, 2.75) is 6.92 Å². The zero-order valence-corrected chi connectivity index (χ0v) is 9.19. The van der Waals surface area contributed by atoms with Crippen molar-refractivity contribution in [2.24, 2.45) is 7.05 Å². The molecule has 0 spiro atoms. The van der Waals surface area contributed by atoms with Crippen molar-refractivity contribution in [3.63, 3.8) is 0 Å². The number of carbonyl (C=O) groups excluding carboxylic acids is 1. The van der Waals surface area contributed by atoms with Crippen LogP contribution in [0, 0.1) is 6.92 Å². The minimum absolute atomic E-state index is 0.248. The standard InChI is InChI=1S/C11H12N4O/c1-4-10(16)13-8-5-9-7(2)14-15(3)11(9)12-6-8/h4-6H,1H2,2-3H3,(H,13,16). The van der Waals surface area contributed by atoms with Gasteiger partial charge in [-0.25, -0.2) is 4.98 Å². The number of pyridine rings is 1. The number of aromatic nitrogens is 3. The lowest BCUT2D eigenvalue weighted by atomic mass is 10.2. The average molecular weight is 216 g/mol. The van der Waals surface area contributed by atoms with Gasteiger partial charge in [0.05, 0.1) is 17.6 Å². The number of aryl methyl sites for hydroxylation is 2. The van der Waals surface area contributed by atoms with E-state index < -0.39 is 0 Å². The summed E-state index contributed by atoms with van der Waals surface area (Å²) < 4.78 is 1.71. The lowest BCUT2D eigenvalue weighted by Gasteiger charge is -2.01. The van der Waals surface area contributed by atoms with E-state index in [0.29, 0.717) is 5.69 Å². The molecule has 0 aliphatic carbocycles. The zero-order chi connectivity index (χ0) is 11.7. The Morgan fingerprint density at radius 3 is 3.06 bits per heavy atom. The second kappa shape index (κ2) is 3.77. The lowest BCUT2D eigenvalue weighted by Crippen LogP contribution is -2.07. The van der Waals surface area contributed by atoms with E-state index in [-0.39, 0.29) is 5.91 Å². The van der Waals surface area contributed by atoms with Crippen LogP contribution in [-0.2, 0) is 11.8 Å². The van der Waals surface area contributed by atoms with Gasteiger partial charge in [-0.05, 0) is 19.1 Å². The van der Waals surface area contributed by atoms with Gasteiger partial charge in [0.2, 0.25) is 5.91 Å². The van der Waals surface area contributed by atoms with E-state index in [1.54, 1.807) is 10.9 Å². The largest absolute Gasteiger partial charge is 0.321 e. The number of fused-ring (bicyclic) bond motifs is 1. The van der Waals surface area contributed by atoms with E-state index in [1.807, 2.05) is 20.0 Å². The summed E-state index contributed by atoms with van der Waals surface area (Å²) >= 11 is 0. The topological polar surface area (TPSA) is 59.8 Å². The second-order valence-corrected chi connectivity index (χ2v) is 3.50. The molecule has 0 atom stereocenters. The zero-order valence-electron chi connectivity index (χ0n) is 9.19. The van der Waals surface area contributed by atoms with Crippen molar-refractivity contribution < 1.29 is 4.79 Å². The van der Waals surface area contributed by atoms with Crippen LogP contribution in [0.25, 0.3) is 11.0 Å². The normalized spacial score (nSPS) is 10.4. The fraction of sp³-hybridized carbons (Fsp3) is 0.182. The van der Waals surface area contributed by atoms with E-state index >= 15 is 0 Å². The Morgan fingerprint density at radius 1 is 1.62 bits per heavy atom. The van der Waals surface area contributed by atoms with Gasteiger partial charge in [-0.1, -0.05) is 6.58 Å². The molecule has 5 heteroatoms. The molecular weight excluding hydrogens is 204 g/mol. The summed E-state index contributed by atoms with van der Waals surface area (Å²) in [7, 11) is 1.84. The predicted molar refractivity (Wildman–Crippen MR) is 62.1 cm³/mol. The van der Waals surface area contributed by atoms with Crippen LogP contribution < -0.4 is 5.32 Å². The van der Waals surface area contributed by atoms with Crippen LogP contribution in [0.2, 0.25) is 0 Å². The van der Waals surface area contributed by atoms with Crippen molar-refractivity contribution in [2.75, 3.05) is 5.32 Å². The Labute approximate surface area is 92.8 Å². The van der Waals surface area contributed by atoms with E-state index in [2.05, 4.69) is 22.0 Å². The molecule has 2 heterocycles. The van der Waals surface area contributed by atoms with Crippen LogP contribution >= 0.6 is 0 Å². The molecule has 0 saturated heterocycles. The summed E-state index contributed by atoms with van der Waals surface area (Å²) in [5.41, 5.74) is 2.34. The Kier molecular flexibility index (Phi) is 2.44. The quantitative estimate of drug-likeness (QED) is 0.772. The fourth-order valence-electron chi connectivity index (χ4n) is 1.57. The number of anilines is 1. The van der Waals surface area contributed by atoms with Gasteiger partial charge in [-0.15, -0.1) is 0 Å². The third kappa shape index (κ3) is 1.67. The van der Waals surface area contributed by atoms with Crippen LogP contribution in [-0.4, -0.2) is 20.7 Å². The molecule has 0 aliphatic heterocycles. The molecule has 0 bridgehead atoms. The first-order valence-electron chi connectivity index (χ1n) is 4.84. The third-order valence-corrected chi connectivity index (χ3v) is 2.32. The van der Waals surface area contributed by atoms with Gasteiger partial charge in [-0.3, -0.25) is 9.48 Å². The van der Waals surface area contributed by atoms with Gasteiger partial charge in [0, 0.05) is 12.4 Å². The highest BCUT2D eigenvalue weighted by atomic mass is 16.1. The fourth-order valence-corrected chi connectivity index (χ4v) is 1.57. The second-order valence-electron chi connectivity index (χ2n) is 3.50. The van der Waals surface area contributed by atoms with Crippen LogP contribution in [0.4, 0.5) is 5.69 Å². The van der Waals surface area contributed by atoms with E-state index in [1.165, 1.54) is 6.08 Å². The highest BCUT2D eigenvalue weighted by Gasteiger charge is 2.07. The number of hydrogen-bond donors (Lipinski definition) is 1. The number of nitrogens with one attached hydrogen (secondary N) is 1. The van der Waals surface area contributed by atoms with Crippen molar-refractivity contribution in [3.8, 4) is 0 Å². The summed E-state index contributed by atoms with van der Waals surface area (Å²) in [6.45, 7) is 5.30. The number of nitrogens with zero attached hydrogens (tertiary/aromatic N) is 3. The Hall–Kier alpha value is -2.17. The third-order valence-electron chi connectivity index (χ3n) is 2.32. The maximum absolute atomic E-state index is 11.1. The molecular formula is C11H12N4O. The van der Waals surface area contributed by atoms with Crippen LogP contribution in [0.5, 0.6) is 0 Å². The van der Waals surface area contributed by atoms with Gasteiger partial charge in [0.15, 0.2) is 5.65 Å². The Bertz CT molecular complexity index is 571. The number of amides is 1. The summed E-state index contributed by atoms with van der Waals surface area (Å²) in [4.78, 5) is 15.4. The van der Waals surface area contributed by atoms with Crippen LogP contribution in [0.1, 0.15) is 5.69 Å². The van der Waals surface area contributed by atoms with Crippen molar-refractivity contribution in [1.82, 2.24) is 14.8 Å². The monoisotopic (exact) mass is 216 g/mol. The maximum Gasteiger partial charge on any atom is 0.247 e. The molecule has 1 N–H and O–H groups in total.